The van der Waals surface area contributed by atoms with E-state index >= 15 is 0 Å². The Morgan fingerprint density at radius 1 is 1.32 bits per heavy atom. The lowest BCUT2D eigenvalue weighted by molar-refractivity contribution is 0.604. The predicted molar refractivity (Wildman–Crippen MR) is 81.0 cm³/mol. The summed E-state index contributed by atoms with van der Waals surface area (Å²) < 4.78 is 0. The Labute approximate surface area is 117 Å². The Balaban J connectivity index is 2.49. The monoisotopic (exact) mass is 276 g/mol. The molecule has 102 valence electrons. The molecule has 0 radical (unpaired) electrons. The van der Waals surface area contributed by atoms with Crippen LogP contribution in [0.4, 0.5) is 0 Å². The third-order valence-corrected chi connectivity index (χ3v) is 4.67. The van der Waals surface area contributed by atoms with Crippen molar-refractivity contribution in [2.45, 2.75) is 46.5 Å². The van der Waals surface area contributed by atoms with Crippen molar-refractivity contribution in [1.82, 2.24) is 9.97 Å². The topological polar surface area (TPSA) is 45.8 Å². The van der Waals surface area contributed by atoms with Crippen LogP contribution in [0.25, 0.3) is 10.7 Å². The fourth-order valence-corrected chi connectivity index (χ4v) is 3.02. The third-order valence-electron chi connectivity index (χ3n) is 3.15. The van der Waals surface area contributed by atoms with E-state index in [1.54, 1.807) is 11.3 Å². The van der Waals surface area contributed by atoms with Crippen LogP contribution in [0.5, 0.6) is 0 Å². The molecular weight excluding hydrogens is 256 g/mol. The highest BCUT2D eigenvalue weighted by Gasteiger charge is 2.17. The summed E-state index contributed by atoms with van der Waals surface area (Å²) in [5.74, 6) is 0.681. The van der Waals surface area contributed by atoms with Gasteiger partial charge in [0.2, 0.25) is 0 Å². The molecule has 0 fully saturated rings. The molecule has 0 aromatic carbocycles. The number of H-pyrrole nitrogens is 1. The number of aromatic amines is 1. The first-order valence-electron chi connectivity index (χ1n) is 6.53. The Morgan fingerprint density at radius 3 is 2.47 bits per heavy atom. The maximum atomic E-state index is 12.0. The molecule has 0 atom stereocenters. The van der Waals surface area contributed by atoms with E-state index in [4.69, 9.17) is 0 Å². The van der Waals surface area contributed by atoms with Gasteiger partial charge >= 0.3 is 0 Å². The van der Waals surface area contributed by atoms with Crippen molar-refractivity contribution in [1.29, 1.82) is 0 Å². The minimum atomic E-state index is -0.0179. The van der Waals surface area contributed by atoms with Gasteiger partial charge in [-0.05, 0) is 30.9 Å². The third kappa shape index (κ3) is 2.78. The van der Waals surface area contributed by atoms with Gasteiger partial charge in [0, 0.05) is 16.1 Å². The van der Waals surface area contributed by atoms with Gasteiger partial charge in [0.25, 0.3) is 5.56 Å². The second-order valence-electron chi connectivity index (χ2n) is 5.75. The van der Waals surface area contributed by atoms with E-state index in [0.29, 0.717) is 12.2 Å². The number of aryl methyl sites for hydroxylation is 1. The van der Waals surface area contributed by atoms with E-state index in [2.05, 4.69) is 36.8 Å². The maximum absolute atomic E-state index is 12.0. The molecule has 0 aliphatic rings. The molecule has 0 amide bonds. The standard InChI is InChI=1S/C15H20N2OS/c1-6-10-9(2)16-13(17-14(10)18)11-7-8-12(19-11)15(3,4)5/h7-8H,6H2,1-5H3,(H,16,17,18). The number of nitrogens with zero attached hydrogens (tertiary/aromatic N) is 1. The van der Waals surface area contributed by atoms with Crippen LogP contribution in [0, 0.1) is 6.92 Å². The van der Waals surface area contributed by atoms with E-state index < -0.39 is 0 Å². The lowest BCUT2D eigenvalue weighted by atomic mass is 9.95. The molecule has 4 heteroatoms. The van der Waals surface area contributed by atoms with Crippen LogP contribution >= 0.6 is 11.3 Å². The summed E-state index contributed by atoms with van der Waals surface area (Å²) in [4.78, 5) is 21.7. The molecule has 2 heterocycles. The van der Waals surface area contributed by atoms with Crippen molar-refractivity contribution in [3.8, 4) is 10.7 Å². The average Bonchev–Trinajstić information content (AvgIpc) is 2.77. The predicted octanol–water partition coefficient (Wildman–Crippen LogP) is 3.67. The van der Waals surface area contributed by atoms with Crippen molar-refractivity contribution in [3.63, 3.8) is 0 Å². The molecule has 0 saturated heterocycles. The van der Waals surface area contributed by atoms with Gasteiger partial charge in [-0.25, -0.2) is 4.98 Å². The van der Waals surface area contributed by atoms with Crippen LogP contribution in [-0.2, 0) is 11.8 Å². The molecule has 0 aliphatic carbocycles. The van der Waals surface area contributed by atoms with E-state index in [-0.39, 0.29) is 11.0 Å². The van der Waals surface area contributed by atoms with E-state index in [1.165, 1.54) is 4.88 Å². The molecule has 2 aromatic rings. The second-order valence-corrected chi connectivity index (χ2v) is 6.83. The van der Waals surface area contributed by atoms with Crippen LogP contribution in [-0.4, -0.2) is 9.97 Å². The SMILES string of the molecule is CCc1c(C)nc(-c2ccc(C(C)(C)C)s2)[nH]c1=O. The van der Waals surface area contributed by atoms with Crippen molar-refractivity contribution < 1.29 is 0 Å². The molecule has 0 aliphatic heterocycles. The van der Waals surface area contributed by atoms with Gasteiger partial charge in [-0.15, -0.1) is 11.3 Å². The minimum Gasteiger partial charge on any atom is -0.306 e. The zero-order chi connectivity index (χ0) is 14.2. The highest BCUT2D eigenvalue weighted by atomic mass is 32.1. The van der Waals surface area contributed by atoms with Crippen LogP contribution in [0.3, 0.4) is 0 Å². The van der Waals surface area contributed by atoms with Gasteiger partial charge in [0.1, 0.15) is 0 Å². The highest BCUT2D eigenvalue weighted by molar-refractivity contribution is 7.15. The van der Waals surface area contributed by atoms with E-state index in [0.717, 1.165) is 16.1 Å². The number of hydrogen-bond acceptors (Lipinski definition) is 3. The van der Waals surface area contributed by atoms with Crippen LogP contribution in [0.15, 0.2) is 16.9 Å². The Morgan fingerprint density at radius 2 is 2.00 bits per heavy atom. The van der Waals surface area contributed by atoms with Gasteiger partial charge in [-0.1, -0.05) is 27.7 Å². The van der Waals surface area contributed by atoms with Gasteiger partial charge < -0.3 is 4.98 Å². The Kier molecular flexibility index (Phi) is 3.63. The molecule has 2 rings (SSSR count). The van der Waals surface area contributed by atoms with Crippen LogP contribution < -0.4 is 5.56 Å². The van der Waals surface area contributed by atoms with Gasteiger partial charge in [-0.3, -0.25) is 4.79 Å². The lowest BCUT2D eigenvalue weighted by Crippen LogP contribution is -2.16. The number of hydrogen-bond donors (Lipinski definition) is 1. The molecule has 19 heavy (non-hydrogen) atoms. The quantitative estimate of drug-likeness (QED) is 0.909. The van der Waals surface area contributed by atoms with Gasteiger partial charge in [-0.2, -0.15) is 0 Å². The summed E-state index contributed by atoms with van der Waals surface area (Å²) in [5, 5.41) is 0. The van der Waals surface area contributed by atoms with Crippen molar-refractivity contribution >= 4 is 11.3 Å². The number of rotatable bonds is 2. The smallest absolute Gasteiger partial charge is 0.254 e. The zero-order valence-corrected chi connectivity index (χ0v) is 12.9. The molecule has 0 unspecified atom stereocenters. The molecular formula is C15H20N2OS. The first kappa shape index (κ1) is 14.0. The molecule has 2 aromatic heterocycles. The van der Waals surface area contributed by atoms with Crippen molar-refractivity contribution in [2.24, 2.45) is 0 Å². The summed E-state index contributed by atoms with van der Waals surface area (Å²) >= 11 is 1.69. The number of aromatic nitrogens is 2. The minimum absolute atomic E-state index is 0.0179. The van der Waals surface area contributed by atoms with Crippen molar-refractivity contribution in [3.05, 3.63) is 38.6 Å². The summed E-state index contributed by atoms with van der Waals surface area (Å²) in [6.07, 6.45) is 0.714. The Hall–Kier alpha value is -1.42. The average molecular weight is 276 g/mol. The highest BCUT2D eigenvalue weighted by Crippen LogP contribution is 2.33. The molecule has 3 nitrogen and oxygen atoms in total. The second kappa shape index (κ2) is 4.93. The molecule has 0 spiro atoms. The van der Waals surface area contributed by atoms with Gasteiger partial charge in [0.05, 0.1) is 4.88 Å². The Bertz CT molecular complexity index is 647. The maximum Gasteiger partial charge on any atom is 0.254 e. The lowest BCUT2D eigenvalue weighted by Gasteiger charge is -2.15. The summed E-state index contributed by atoms with van der Waals surface area (Å²) in [6, 6.07) is 4.15. The zero-order valence-electron chi connectivity index (χ0n) is 12.1. The van der Waals surface area contributed by atoms with Gasteiger partial charge in [0.15, 0.2) is 5.82 Å². The van der Waals surface area contributed by atoms with Crippen LogP contribution in [0.2, 0.25) is 0 Å². The fourth-order valence-electron chi connectivity index (χ4n) is 2.01. The molecule has 1 N–H and O–H groups in total. The first-order valence-corrected chi connectivity index (χ1v) is 7.35. The number of nitrogens with one attached hydrogen (secondary N) is 1. The summed E-state index contributed by atoms with van der Waals surface area (Å²) in [7, 11) is 0. The largest absolute Gasteiger partial charge is 0.306 e. The number of thiophene rings is 1. The molecule has 0 saturated carbocycles. The summed E-state index contributed by atoms with van der Waals surface area (Å²) in [6.45, 7) is 10.4. The molecule has 0 bridgehead atoms. The van der Waals surface area contributed by atoms with E-state index in [1.807, 2.05) is 19.9 Å². The normalized spacial score (nSPS) is 11.8. The summed E-state index contributed by atoms with van der Waals surface area (Å²) in [5.41, 5.74) is 1.71. The fraction of sp³-hybridized carbons (Fsp3) is 0.467. The van der Waals surface area contributed by atoms with Crippen molar-refractivity contribution in [2.75, 3.05) is 0 Å². The van der Waals surface area contributed by atoms with Crippen LogP contribution in [0.1, 0.15) is 43.8 Å². The van der Waals surface area contributed by atoms with E-state index in [9.17, 15) is 4.79 Å². The first-order chi connectivity index (χ1) is 8.82.